The quantitative estimate of drug-likeness (QED) is 0.879. The van der Waals surface area contributed by atoms with Gasteiger partial charge in [0.1, 0.15) is 11.7 Å². The van der Waals surface area contributed by atoms with E-state index < -0.39 is 28.8 Å². The molecule has 1 N–H and O–H groups in total. The van der Waals surface area contributed by atoms with E-state index in [0.29, 0.717) is 5.92 Å². The molecule has 0 spiro atoms. The van der Waals surface area contributed by atoms with Crippen LogP contribution in [0.1, 0.15) is 30.1 Å². The van der Waals surface area contributed by atoms with Gasteiger partial charge in [-0.2, -0.15) is 4.39 Å². The number of esters is 1. The highest BCUT2D eigenvalue weighted by molar-refractivity contribution is 5.95. The third kappa shape index (κ3) is 2.67. The Balaban J connectivity index is 2.06. The molecule has 1 unspecified atom stereocenters. The molecule has 1 aliphatic rings. The Labute approximate surface area is 130 Å². The van der Waals surface area contributed by atoms with E-state index in [1.165, 1.54) is 0 Å². The number of rotatable bonds is 4. The van der Waals surface area contributed by atoms with Gasteiger partial charge >= 0.3 is 5.97 Å². The van der Waals surface area contributed by atoms with Crippen molar-refractivity contribution in [2.24, 2.45) is 5.92 Å². The lowest BCUT2D eigenvalue weighted by molar-refractivity contribution is 0.0293. The van der Waals surface area contributed by atoms with E-state index >= 15 is 0 Å². The van der Waals surface area contributed by atoms with Crippen molar-refractivity contribution in [2.75, 3.05) is 7.11 Å². The monoisotopic (exact) mass is 323 g/mol. The zero-order valence-electron chi connectivity index (χ0n) is 12.6. The lowest BCUT2D eigenvalue weighted by Gasteiger charge is -2.12. The SMILES string of the molecule is COc1c(F)c(F)cc2c(=O)c(C(=O)OC(C)C3CC3)c[nH]c12. The summed E-state index contributed by atoms with van der Waals surface area (Å²) in [5.74, 6) is -3.30. The Morgan fingerprint density at radius 3 is 2.70 bits per heavy atom. The van der Waals surface area contributed by atoms with Crippen LogP contribution in [-0.4, -0.2) is 24.2 Å². The molecule has 0 bridgehead atoms. The molecule has 5 nitrogen and oxygen atoms in total. The van der Waals surface area contributed by atoms with Gasteiger partial charge in [0, 0.05) is 6.20 Å². The van der Waals surface area contributed by atoms with Crippen LogP contribution in [0.3, 0.4) is 0 Å². The fourth-order valence-electron chi connectivity index (χ4n) is 2.52. The molecule has 7 heteroatoms. The molecule has 2 aromatic rings. The van der Waals surface area contributed by atoms with E-state index in [-0.39, 0.29) is 22.6 Å². The number of carbonyl (C=O) groups excluding carboxylic acids is 1. The lowest BCUT2D eigenvalue weighted by atomic mass is 10.1. The van der Waals surface area contributed by atoms with Gasteiger partial charge in [-0.15, -0.1) is 0 Å². The van der Waals surface area contributed by atoms with Crippen molar-refractivity contribution in [3.63, 3.8) is 0 Å². The van der Waals surface area contributed by atoms with Gasteiger partial charge in [0.15, 0.2) is 11.6 Å². The standard InChI is InChI=1S/C16H15F2NO4/c1-7(8-3-4-8)23-16(21)10-6-19-13-9(14(10)20)5-11(17)12(18)15(13)22-2/h5-8H,3-4H2,1-2H3,(H,19,20). The Kier molecular flexibility index (Phi) is 3.79. The summed E-state index contributed by atoms with van der Waals surface area (Å²) in [6, 6.07) is 0.743. The molecule has 1 atom stereocenters. The van der Waals surface area contributed by atoms with Crippen molar-refractivity contribution >= 4 is 16.9 Å². The van der Waals surface area contributed by atoms with Gasteiger partial charge in [0.25, 0.3) is 0 Å². The Bertz CT molecular complexity index is 842. The topological polar surface area (TPSA) is 68.4 Å². The number of hydrogen-bond donors (Lipinski definition) is 1. The molecular formula is C16H15F2NO4. The Morgan fingerprint density at radius 2 is 2.09 bits per heavy atom. The summed E-state index contributed by atoms with van der Waals surface area (Å²) >= 11 is 0. The van der Waals surface area contributed by atoms with E-state index in [4.69, 9.17) is 9.47 Å². The third-order valence-electron chi connectivity index (χ3n) is 4.03. The summed E-state index contributed by atoms with van der Waals surface area (Å²) < 4.78 is 37.3. The van der Waals surface area contributed by atoms with Crippen LogP contribution in [0.2, 0.25) is 0 Å². The van der Waals surface area contributed by atoms with Gasteiger partial charge in [0.05, 0.1) is 18.0 Å². The molecule has 122 valence electrons. The molecule has 1 fully saturated rings. The minimum absolute atomic E-state index is 0.0109. The molecule has 0 amide bonds. The van der Waals surface area contributed by atoms with Crippen LogP contribution < -0.4 is 10.2 Å². The highest BCUT2D eigenvalue weighted by Crippen LogP contribution is 2.34. The maximum Gasteiger partial charge on any atom is 0.343 e. The van der Waals surface area contributed by atoms with Crippen LogP contribution in [0.15, 0.2) is 17.1 Å². The molecule has 23 heavy (non-hydrogen) atoms. The van der Waals surface area contributed by atoms with Crippen LogP contribution >= 0.6 is 0 Å². The first-order chi connectivity index (χ1) is 10.9. The highest BCUT2D eigenvalue weighted by Gasteiger charge is 2.31. The summed E-state index contributed by atoms with van der Waals surface area (Å²) in [6.07, 6.45) is 2.83. The second-order valence-corrected chi connectivity index (χ2v) is 5.61. The van der Waals surface area contributed by atoms with Gasteiger partial charge in [-0.05, 0) is 31.7 Å². The molecule has 1 aromatic carbocycles. The zero-order valence-corrected chi connectivity index (χ0v) is 12.6. The maximum absolute atomic E-state index is 13.7. The van der Waals surface area contributed by atoms with Gasteiger partial charge < -0.3 is 14.5 Å². The Hall–Kier alpha value is -2.44. The van der Waals surface area contributed by atoms with Crippen molar-refractivity contribution < 1.29 is 23.0 Å². The maximum atomic E-state index is 13.7. The molecule has 1 aromatic heterocycles. The fraction of sp³-hybridized carbons (Fsp3) is 0.375. The Morgan fingerprint density at radius 1 is 1.39 bits per heavy atom. The average molecular weight is 323 g/mol. The summed E-state index contributed by atoms with van der Waals surface area (Å²) in [5, 5.41) is -0.172. The van der Waals surface area contributed by atoms with Crippen LogP contribution in [0.4, 0.5) is 8.78 Å². The lowest BCUT2D eigenvalue weighted by Crippen LogP contribution is -2.23. The smallest absolute Gasteiger partial charge is 0.343 e. The minimum atomic E-state index is -1.23. The van der Waals surface area contributed by atoms with Crippen molar-refractivity contribution in [1.29, 1.82) is 0 Å². The molecule has 0 saturated heterocycles. The minimum Gasteiger partial charge on any atom is -0.491 e. The average Bonchev–Trinajstić information content (AvgIpc) is 3.34. The number of nitrogens with one attached hydrogen (secondary N) is 1. The molecule has 0 radical (unpaired) electrons. The summed E-state index contributed by atoms with van der Waals surface area (Å²) in [7, 11) is 1.16. The van der Waals surface area contributed by atoms with Crippen molar-refractivity contribution in [2.45, 2.75) is 25.9 Å². The number of H-pyrrole nitrogens is 1. The van der Waals surface area contributed by atoms with Crippen LogP contribution in [0.5, 0.6) is 5.75 Å². The zero-order chi connectivity index (χ0) is 16.7. The summed E-state index contributed by atoms with van der Waals surface area (Å²) in [4.78, 5) is 27.1. The fourth-order valence-corrected chi connectivity index (χ4v) is 2.52. The molecule has 0 aliphatic heterocycles. The number of benzene rings is 1. The van der Waals surface area contributed by atoms with E-state index in [0.717, 1.165) is 32.2 Å². The molecule has 1 heterocycles. The second-order valence-electron chi connectivity index (χ2n) is 5.61. The third-order valence-corrected chi connectivity index (χ3v) is 4.03. The van der Waals surface area contributed by atoms with Gasteiger partial charge in [0.2, 0.25) is 11.2 Å². The highest BCUT2D eigenvalue weighted by atomic mass is 19.2. The predicted molar refractivity (Wildman–Crippen MR) is 78.6 cm³/mol. The van der Waals surface area contributed by atoms with Gasteiger partial charge in [-0.1, -0.05) is 0 Å². The summed E-state index contributed by atoms with van der Waals surface area (Å²) in [6.45, 7) is 1.77. The molecule has 3 rings (SSSR count). The van der Waals surface area contributed by atoms with Crippen molar-refractivity contribution in [3.8, 4) is 5.75 Å². The largest absolute Gasteiger partial charge is 0.491 e. The number of aromatic amines is 1. The van der Waals surface area contributed by atoms with Crippen LogP contribution in [0.25, 0.3) is 10.9 Å². The number of pyridine rings is 1. The first kappa shape index (κ1) is 15.5. The molecule has 1 aliphatic carbocycles. The van der Waals surface area contributed by atoms with Crippen molar-refractivity contribution in [3.05, 3.63) is 39.7 Å². The van der Waals surface area contributed by atoms with Crippen LogP contribution in [0, 0.1) is 17.6 Å². The van der Waals surface area contributed by atoms with Gasteiger partial charge in [-0.25, -0.2) is 9.18 Å². The van der Waals surface area contributed by atoms with E-state index in [1.807, 2.05) is 0 Å². The van der Waals surface area contributed by atoms with E-state index in [1.54, 1.807) is 6.92 Å². The summed E-state index contributed by atoms with van der Waals surface area (Å²) in [5.41, 5.74) is -0.995. The number of methoxy groups -OCH3 is 1. The normalized spacial score (nSPS) is 15.5. The number of ether oxygens (including phenoxy) is 2. The molecular weight excluding hydrogens is 308 g/mol. The molecule has 1 saturated carbocycles. The number of carbonyl (C=O) groups is 1. The van der Waals surface area contributed by atoms with E-state index in [2.05, 4.69) is 4.98 Å². The number of fused-ring (bicyclic) bond motifs is 1. The van der Waals surface area contributed by atoms with E-state index in [9.17, 15) is 18.4 Å². The number of halogens is 2. The second kappa shape index (κ2) is 5.64. The van der Waals surface area contributed by atoms with Crippen LogP contribution in [-0.2, 0) is 4.74 Å². The number of hydrogen-bond acceptors (Lipinski definition) is 4. The first-order valence-electron chi connectivity index (χ1n) is 7.22. The van der Waals surface area contributed by atoms with Crippen molar-refractivity contribution in [1.82, 2.24) is 4.98 Å². The number of aromatic nitrogens is 1. The first-order valence-corrected chi connectivity index (χ1v) is 7.22. The predicted octanol–water partition coefficient (Wildman–Crippen LogP) is 2.77. The van der Waals surface area contributed by atoms with Gasteiger partial charge in [-0.3, -0.25) is 4.79 Å².